The second-order valence-electron chi connectivity index (χ2n) is 3.32. The van der Waals surface area contributed by atoms with E-state index in [1.54, 1.807) is 0 Å². The third-order valence-electron chi connectivity index (χ3n) is 2.42. The Morgan fingerprint density at radius 2 is 2.30 bits per heavy atom. The van der Waals surface area contributed by atoms with Crippen molar-refractivity contribution in [2.75, 3.05) is 19.6 Å². The van der Waals surface area contributed by atoms with Crippen molar-refractivity contribution in [1.29, 1.82) is 0 Å². The molecule has 2 unspecified atom stereocenters. The largest absolute Gasteiger partial charge is 0.329 e. The minimum atomic E-state index is 0.667. The number of hydrogen-bond acceptors (Lipinski definition) is 2. The molecule has 1 saturated heterocycles. The van der Waals surface area contributed by atoms with E-state index < -0.39 is 0 Å². The first-order valence-corrected chi connectivity index (χ1v) is 4.22. The molecule has 1 aliphatic rings. The molecular formula is C8H18N2. The number of nitrogens with zero attached hydrogens (tertiary/aromatic N) is 1. The highest BCUT2D eigenvalue weighted by atomic mass is 15.2. The number of likely N-dealkylation sites (tertiary alicyclic amines) is 1. The molecule has 2 N–H and O–H groups in total. The number of nitrogens with two attached hydrogens (primary N) is 1. The molecule has 60 valence electrons. The Morgan fingerprint density at radius 1 is 1.60 bits per heavy atom. The van der Waals surface area contributed by atoms with Crippen molar-refractivity contribution in [1.82, 2.24) is 4.90 Å². The number of hydrogen-bond donors (Lipinski definition) is 1. The summed E-state index contributed by atoms with van der Waals surface area (Å²) in [4.78, 5) is 2.48. The van der Waals surface area contributed by atoms with Crippen molar-refractivity contribution in [3.05, 3.63) is 0 Å². The lowest BCUT2D eigenvalue weighted by Crippen LogP contribution is -2.35. The Bertz CT molecular complexity index is 91.4. The minimum absolute atomic E-state index is 0.667. The van der Waals surface area contributed by atoms with Crippen molar-refractivity contribution in [3.63, 3.8) is 0 Å². The van der Waals surface area contributed by atoms with Gasteiger partial charge in [0.1, 0.15) is 0 Å². The van der Waals surface area contributed by atoms with Gasteiger partial charge in [-0.1, -0.05) is 13.8 Å². The van der Waals surface area contributed by atoms with Crippen LogP contribution in [0, 0.1) is 5.92 Å². The van der Waals surface area contributed by atoms with Crippen LogP contribution < -0.4 is 5.73 Å². The van der Waals surface area contributed by atoms with E-state index in [9.17, 15) is 0 Å². The zero-order valence-corrected chi connectivity index (χ0v) is 7.01. The van der Waals surface area contributed by atoms with Crippen molar-refractivity contribution in [2.45, 2.75) is 26.3 Å². The summed E-state index contributed by atoms with van der Waals surface area (Å²) < 4.78 is 0. The van der Waals surface area contributed by atoms with Crippen LogP contribution in [0.4, 0.5) is 0 Å². The quantitative estimate of drug-likeness (QED) is 0.614. The zero-order valence-electron chi connectivity index (χ0n) is 7.01. The molecule has 0 saturated carbocycles. The van der Waals surface area contributed by atoms with Gasteiger partial charge in [0, 0.05) is 19.1 Å². The fraction of sp³-hybridized carbons (Fsp3) is 1.00. The smallest absolute Gasteiger partial charge is 0.0221 e. The van der Waals surface area contributed by atoms with E-state index in [1.807, 2.05) is 0 Å². The molecule has 0 bridgehead atoms. The number of likely N-dealkylation sites (N-methyl/N-ethyl adjacent to an activating group) is 1. The van der Waals surface area contributed by atoms with Gasteiger partial charge in [-0.3, -0.25) is 4.90 Å². The molecule has 0 radical (unpaired) electrons. The molecule has 1 fully saturated rings. The first kappa shape index (κ1) is 8.02. The summed E-state index contributed by atoms with van der Waals surface area (Å²) >= 11 is 0. The maximum atomic E-state index is 5.62. The van der Waals surface area contributed by atoms with Gasteiger partial charge < -0.3 is 5.73 Å². The SMILES string of the molecule is CCN1CC(C)CC1CN. The van der Waals surface area contributed by atoms with Gasteiger partial charge in [-0.15, -0.1) is 0 Å². The van der Waals surface area contributed by atoms with Crippen LogP contribution in [0.5, 0.6) is 0 Å². The summed E-state index contributed by atoms with van der Waals surface area (Å²) in [7, 11) is 0. The first-order chi connectivity index (χ1) is 4.77. The van der Waals surface area contributed by atoms with Crippen LogP contribution in [0.3, 0.4) is 0 Å². The molecule has 1 rings (SSSR count). The van der Waals surface area contributed by atoms with Crippen LogP contribution in [0.2, 0.25) is 0 Å². The molecule has 10 heavy (non-hydrogen) atoms. The van der Waals surface area contributed by atoms with Crippen molar-refractivity contribution in [3.8, 4) is 0 Å². The van der Waals surface area contributed by atoms with Gasteiger partial charge in [-0.05, 0) is 18.9 Å². The Labute approximate surface area is 63.4 Å². The van der Waals surface area contributed by atoms with Crippen LogP contribution >= 0.6 is 0 Å². The molecule has 0 aromatic carbocycles. The highest BCUT2D eigenvalue weighted by Crippen LogP contribution is 2.20. The van der Waals surface area contributed by atoms with Gasteiger partial charge in [-0.2, -0.15) is 0 Å². The fourth-order valence-electron chi connectivity index (χ4n) is 1.87. The topological polar surface area (TPSA) is 29.3 Å². The summed E-state index contributed by atoms with van der Waals surface area (Å²) in [5.41, 5.74) is 5.62. The third-order valence-corrected chi connectivity index (χ3v) is 2.42. The lowest BCUT2D eigenvalue weighted by Gasteiger charge is -2.20. The molecule has 0 amide bonds. The van der Waals surface area contributed by atoms with E-state index in [2.05, 4.69) is 18.7 Å². The van der Waals surface area contributed by atoms with E-state index in [0.717, 1.165) is 19.0 Å². The molecule has 1 heterocycles. The maximum absolute atomic E-state index is 5.62. The average molecular weight is 142 g/mol. The summed E-state index contributed by atoms with van der Waals surface area (Å²) in [6.07, 6.45) is 1.30. The predicted octanol–water partition coefficient (Wildman–Crippen LogP) is 0.675. The molecular weight excluding hydrogens is 124 g/mol. The molecule has 2 atom stereocenters. The van der Waals surface area contributed by atoms with Crippen molar-refractivity contribution in [2.24, 2.45) is 11.7 Å². The summed E-state index contributed by atoms with van der Waals surface area (Å²) in [6, 6.07) is 0.667. The van der Waals surface area contributed by atoms with E-state index in [1.165, 1.54) is 13.0 Å². The first-order valence-electron chi connectivity index (χ1n) is 4.22. The Kier molecular flexibility index (Phi) is 2.69. The Balaban J connectivity index is 2.41. The normalized spacial score (nSPS) is 35.1. The van der Waals surface area contributed by atoms with E-state index in [-0.39, 0.29) is 0 Å². The van der Waals surface area contributed by atoms with E-state index in [4.69, 9.17) is 5.73 Å². The summed E-state index contributed by atoms with van der Waals surface area (Å²) in [5.74, 6) is 0.855. The zero-order chi connectivity index (χ0) is 7.56. The van der Waals surface area contributed by atoms with Gasteiger partial charge in [0.05, 0.1) is 0 Å². The molecule has 0 spiro atoms. The standard InChI is InChI=1S/C8H18N2/c1-3-10-6-7(2)4-8(10)5-9/h7-8H,3-6,9H2,1-2H3. The number of rotatable bonds is 2. The predicted molar refractivity (Wildman–Crippen MR) is 43.9 cm³/mol. The van der Waals surface area contributed by atoms with Crippen LogP contribution in [0.1, 0.15) is 20.3 Å². The van der Waals surface area contributed by atoms with Crippen LogP contribution in [0.15, 0.2) is 0 Å². The second kappa shape index (κ2) is 3.35. The van der Waals surface area contributed by atoms with E-state index in [0.29, 0.717) is 6.04 Å². The van der Waals surface area contributed by atoms with Crippen LogP contribution in [-0.4, -0.2) is 30.6 Å². The van der Waals surface area contributed by atoms with Gasteiger partial charge >= 0.3 is 0 Å². The minimum Gasteiger partial charge on any atom is -0.329 e. The third kappa shape index (κ3) is 1.50. The van der Waals surface area contributed by atoms with Gasteiger partial charge in [0.15, 0.2) is 0 Å². The fourth-order valence-corrected chi connectivity index (χ4v) is 1.87. The highest BCUT2D eigenvalue weighted by molar-refractivity contribution is 4.82. The molecule has 0 aromatic rings. The molecule has 1 aliphatic heterocycles. The highest BCUT2D eigenvalue weighted by Gasteiger charge is 2.26. The summed E-state index contributed by atoms with van der Waals surface area (Å²) in [6.45, 7) is 7.75. The monoisotopic (exact) mass is 142 g/mol. The average Bonchev–Trinajstić information content (AvgIpc) is 2.30. The van der Waals surface area contributed by atoms with Crippen LogP contribution in [-0.2, 0) is 0 Å². The second-order valence-corrected chi connectivity index (χ2v) is 3.32. The molecule has 2 nitrogen and oxygen atoms in total. The van der Waals surface area contributed by atoms with Crippen molar-refractivity contribution >= 4 is 0 Å². The van der Waals surface area contributed by atoms with Gasteiger partial charge in [0.2, 0.25) is 0 Å². The van der Waals surface area contributed by atoms with Crippen molar-refractivity contribution < 1.29 is 0 Å². The Morgan fingerprint density at radius 3 is 2.70 bits per heavy atom. The summed E-state index contributed by atoms with van der Waals surface area (Å²) in [5, 5.41) is 0. The van der Waals surface area contributed by atoms with Crippen LogP contribution in [0.25, 0.3) is 0 Å². The van der Waals surface area contributed by atoms with E-state index >= 15 is 0 Å². The van der Waals surface area contributed by atoms with Gasteiger partial charge in [0.25, 0.3) is 0 Å². The Hall–Kier alpha value is -0.0800. The molecule has 0 aliphatic carbocycles. The lowest BCUT2D eigenvalue weighted by molar-refractivity contribution is 0.269. The molecule has 0 aromatic heterocycles. The lowest BCUT2D eigenvalue weighted by atomic mass is 10.1. The maximum Gasteiger partial charge on any atom is 0.0221 e. The van der Waals surface area contributed by atoms with Gasteiger partial charge in [-0.25, -0.2) is 0 Å². The molecule has 2 heteroatoms.